The van der Waals surface area contributed by atoms with Crippen molar-refractivity contribution in [1.82, 2.24) is 10.2 Å². The Kier molecular flexibility index (Phi) is 4.53. The average molecular weight is 312 g/mol. The maximum Gasteiger partial charge on any atom is 0.238 e. The summed E-state index contributed by atoms with van der Waals surface area (Å²) >= 11 is 3.91. The lowest BCUT2D eigenvalue weighted by Gasteiger charge is -2.30. The molecule has 2 heterocycles. The number of carbonyl (C=O) groups is 1. The van der Waals surface area contributed by atoms with Gasteiger partial charge in [-0.05, 0) is 17.7 Å². The van der Waals surface area contributed by atoms with E-state index in [9.17, 15) is 9.18 Å². The third-order valence-electron chi connectivity index (χ3n) is 3.55. The third-order valence-corrected chi connectivity index (χ3v) is 6.38. The van der Waals surface area contributed by atoms with Crippen LogP contribution in [0.25, 0.3) is 0 Å². The number of benzene rings is 1. The largest absolute Gasteiger partial charge is 0.321 e. The minimum atomic E-state index is -0.246. The van der Waals surface area contributed by atoms with E-state index in [1.54, 1.807) is 12.1 Å². The molecule has 0 saturated carbocycles. The first-order valence-corrected chi connectivity index (χ1v) is 8.92. The van der Waals surface area contributed by atoms with Crippen molar-refractivity contribution in [3.63, 3.8) is 0 Å². The van der Waals surface area contributed by atoms with Crippen LogP contribution in [0, 0.1) is 5.82 Å². The molecule has 2 atom stereocenters. The molecule has 2 saturated heterocycles. The molecule has 3 nitrogen and oxygen atoms in total. The summed E-state index contributed by atoms with van der Waals surface area (Å²) in [4.78, 5) is 14.0. The Labute approximate surface area is 126 Å². The van der Waals surface area contributed by atoms with Gasteiger partial charge in [0, 0.05) is 29.1 Å². The first-order valence-electron chi connectivity index (χ1n) is 6.72. The first kappa shape index (κ1) is 14.2. The van der Waals surface area contributed by atoms with Gasteiger partial charge in [0.15, 0.2) is 0 Å². The van der Waals surface area contributed by atoms with Gasteiger partial charge in [0.05, 0.1) is 6.54 Å². The minimum Gasteiger partial charge on any atom is -0.321 e. The van der Waals surface area contributed by atoms with Crippen molar-refractivity contribution in [2.45, 2.75) is 11.4 Å². The van der Waals surface area contributed by atoms with Crippen molar-refractivity contribution < 1.29 is 9.18 Å². The zero-order valence-electron chi connectivity index (χ0n) is 11.0. The summed E-state index contributed by atoms with van der Waals surface area (Å²) in [5, 5.41) is 3.72. The standard InChI is InChI=1S/C14H17FN2OS2/c15-11-3-1-10(2-4-11)14-16-7-13(18)17(14)8-12-9-19-5-6-20-12/h1-4,12,14,16H,5-9H2. The number of amides is 1. The fraction of sp³-hybridized carbons (Fsp3) is 0.500. The molecule has 1 aromatic carbocycles. The minimum absolute atomic E-state index is 0.115. The molecule has 0 aliphatic carbocycles. The average Bonchev–Trinajstić information content (AvgIpc) is 2.83. The molecule has 2 fully saturated rings. The van der Waals surface area contributed by atoms with Gasteiger partial charge in [0.1, 0.15) is 12.0 Å². The normalized spacial score (nSPS) is 27.1. The predicted octanol–water partition coefficient (Wildman–Crippen LogP) is 2.10. The fourth-order valence-corrected chi connectivity index (χ4v) is 5.22. The summed E-state index contributed by atoms with van der Waals surface area (Å²) in [6.07, 6.45) is -0.115. The van der Waals surface area contributed by atoms with Crippen LogP contribution in [-0.4, -0.2) is 46.4 Å². The molecular weight excluding hydrogens is 295 g/mol. The van der Waals surface area contributed by atoms with Gasteiger partial charge in [-0.25, -0.2) is 4.39 Å². The number of hydrogen-bond donors (Lipinski definition) is 1. The maximum atomic E-state index is 13.0. The van der Waals surface area contributed by atoms with E-state index in [0.29, 0.717) is 11.8 Å². The lowest BCUT2D eigenvalue weighted by atomic mass is 10.1. The molecule has 0 radical (unpaired) electrons. The highest BCUT2D eigenvalue weighted by atomic mass is 32.2. The lowest BCUT2D eigenvalue weighted by molar-refractivity contribution is -0.128. The second kappa shape index (κ2) is 6.37. The molecule has 0 spiro atoms. The lowest BCUT2D eigenvalue weighted by Crippen LogP contribution is -2.37. The summed E-state index contributed by atoms with van der Waals surface area (Å²) < 4.78 is 13.0. The van der Waals surface area contributed by atoms with E-state index in [1.165, 1.54) is 17.9 Å². The molecular formula is C14H17FN2OS2. The summed E-state index contributed by atoms with van der Waals surface area (Å²) in [7, 11) is 0. The summed E-state index contributed by atoms with van der Waals surface area (Å²) in [5.74, 6) is 3.35. The SMILES string of the molecule is O=C1CNC(c2ccc(F)cc2)N1CC1CSCCS1. The van der Waals surface area contributed by atoms with Gasteiger partial charge in [-0.2, -0.15) is 23.5 Å². The van der Waals surface area contributed by atoms with Crippen LogP contribution in [0.4, 0.5) is 4.39 Å². The van der Waals surface area contributed by atoms with Crippen LogP contribution < -0.4 is 5.32 Å². The topological polar surface area (TPSA) is 32.3 Å². The molecule has 2 aliphatic rings. The second-order valence-electron chi connectivity index (χ2n) is 4.95. The zero-order valence-corrected chi connectivity index (χ0v) is 12.7. The Morgan fingerprint density at radius 2 is 2.10 bits per heavy atom. The second-order valence-corrected chi connectivity index (χ2v) is 7.51. The molecule has 20 heavy (non-hydrogen) atoms. The van der Waals surface area contributed by atoms with Gasteiger partial charge < -0.3 is 4.90 Å². The van der Waals surface area contributed by atoms with Crippen molar-refractivity contribution in [3.8, 4) is 0 Å². The van der Waals surface area contributed by atoms with Crippen molar-refractivity contribution in [1.29, 1.82) is 0 Å². The molecule has 1 aromatic rings. The number of rotatable bonds is 3. The van der Waals surface area contributed by atoms with E-state index in [0.717, 1.165) is 23.6 Å². The number of carbonyl (C=O) groups excluding carboxylic acids is 1. The Morgan fingerprint density at radius 1 is 1.30 bits per heavy atom. The Hall–Kier alpha value is -0.720. The number of hydrogen-bond acceptors (Lipinski definition) is 4. The van der Waals surface area contributed by atoms with Crippen LogP contribution in [0.1, 0.15) is 11.7 Å². The molecule has 108 valence electrons. The first-order chi connectivity index (χ1) is 9.74. The van der Waals surface area contributed by atoms with Crippen molar-refractivity contribution >= 4 is 29.4 Å². The Balaban J connectivity index is 1.72. The van der Waals surface area contributed by atoms with Crippen molar-refractivity contribution in [2.75, 3.05) is 30.3 Å². The van der Waals surface area contributed by atoms with E-state index in [-0.39, 0.29) is 17.9 Å². The van der Waals surface area contributed by atoms with Gasteiger partial charge in [-0.3, -0.25) is 10.1 Å². The highest BCUT2D eigenvalue weighted by Crippen LogP contribution is 2.29. The highest BCUT2D eigenvalue weighted by molar-refractivity contribution is 8.06. The number of nitrogens with zero attached hydrogens (tertiary/aromatic N) is 1. The quantitative estimate of drug-likeness (QED) is 0.926. The van der Waals surface area contributed by atoms with Crippen LogP contribution in [0.3, 0.4) is 0 Å². The molecule has 1 N–H and O–H groups in total. The third kappa shape index (κ3) is 3.13. The molecule has 0 bridgehead atoms. The van der Waals surface area contributed by atoms with E-state index in [4.69, 9.17) is 0 Å². The molecule has 1 amide bonds. The summed E-state index contributed by atoms with van der Waals surface area (Å²) in [6.45, 7) is 1.14. The van der Waals surface area contributed by atoms with Gasteiger partial charge in [-0.15, -0.1) is 0 Å². The Bertz CT molecular complexity index is 477. The van der Waals surface area contributed by atoms with E-state index < -0.39 is 0 Å². The van der Waals surface area contributed by atoms with E-state index in [2.05, 4.69) is 5.32 Å². The Morgan fingerprint density at radius 3 is 2.80 bits per heavy atom. The molecule has 6 heteroatoms. The van der Waals surface area contributed by atoms with Gasteiger partial charge in [0.2, 0.25) is 5.91 Å². The van der Waals surface area contributed by atoms with Crippen LogP contribution in [0.5, 0.6) is 0 Å². The monoisotopic (exact) mass is 312 g/mol. The molecule has 3 rings (SSSR count). The fourth-order valence-electron chi connectivity index (χ4n) is 2.55. The van der Waals surface area contributed by atoms with Gasteiger partial charge in [0.25, 0.3) is 0 Å². The van der Waals surface area contributed by atoms with Crippen LogP contribution in [0.2, 0.25) is 0 Å². The molecule has 2 aliphatic heterocycles. The summed E-state index contributed by atoms with van der Waals surface area (Å²) in [5.41, 5.74) is 0.950. The molecule has 2 unspecified atom stereocenters. The predicted molar refractivity (Wildman–Crippen MR) is 82.4 cm³/mol. The van der Waals surface area contributed by atoms with Crippen LogP contribution in [0.15, 0.2) is 24.3 Å². The van der Waals surface area contributed by atoms with Crippen LogP contribution in [-0.2, 0) is 4.79 Å². The number of halogens is 1. The van der Waals surface area contributed by atoms with Crippen LogP contribution >= 0.6 is 23.5 Å². The van der Waals surface area contributed by atoms with E-state index in [1.807, 2.05) is 28.4 Å². The molecule has 0 aromatic heterocycles. The van der Waals surface area contributed by atoms with E-state index >= 15 is 0 Å². The van der Waals surface area contributed by atoms with Gasteiger partial charge in [-0.1, -0.05) is 12.1 Å². The number of nitrogens with one attached hydrogen (secondary N) is 1. The summed E-state index contributed by atoms with van der Waals surface area (Å²) in [6, 6.07) is 6.40. The van der Waals surface area contributed by atoms with Crippen molar-refractivity contribution in [2.24, 2.45) is 0 Å². The van der Waals surface area contributed by atoms with Crippen molar-refractivity contribution in [3.05, 3.63) is 35.6 Å². The highest BCUT2D eigenvalue weighted by Gasteiger charge is 2.33. The smallest absolute Gasteiger partial charge is 0.238 e. The van der Waals surface area contributed by atoms with Gasteiger partial charge >= 0.3 is 0 Å². The number of thioether (sulfide) groups is 2. The maximum absolute atomic E-state index is 13.0. The zero-order chi connectivity index (χ0) is 13.9.